The zero-order valence-electron chi connectivity index (χ0n) is 18.3. The predicted molar refractivity (Wildman–Crippen MR) is 125 cm³/mol. The van der Waals surface area contributed by atoms with Gasteiger partial charge in [0.2, 0.25) is 0 Å². The molecule has 4 rings (SSSR count). The third-order valence-electron chi connectivity index (χ3n) is 5.33. The van der Waals surface area contributed by atoms with Crippen LogP contribution in [0.2, 0.25) is 5.02 Å². The van der Waals surface area contributed by atoms with Gasteiger partial charge in [-0.15, -0.1) is 0 Å². The second kappa shape index (κ2) is 9.16. The summed E-state index contributed by atoms with van der Waals surface area (Å²) in [5, 5.41) is 11.3. The normalized spacial score (nSPS) is 13.6. The molecule has 9 heteroatoms. The molecule has 0 saturated carbocycles. The van der Waals surface area contributed by atoms with E-state index in [1.165, 1.54) is 18.3 Å². The van der Waals surface area contributed by atoms with Gasteiger partial charge in [0, 0.05) is 31.3 Å². The number of aromatic nitrogens is 3. The zero-order valence-corrected chi connectivity index (χ0v) is 19.1. The van der Waals surface area contributed by atoms with Gasteiger partial charge in [-0.1, -0.05) is 11.6 Å². The minimum Gasteiger partial charge on any atom is -0.353 e. The van der Waals surface area contributed by atoms with Gasteiger partial charge in [0.05, 0.1) is 33.9 Å². The molecule has 2 aromatic heterocycles. The number of nitrogens with zero attached hydrogens (tertiary/aromatic N) is 4. The number of amides is 1. The Balaban J connectivity index is 1.62. The first-order valence-corrected chi connectivity index (χ1v) is 11.0. The third kappa shape index (κ3) is 4.70. The van der Waals surface area contributed by atoms with Crippen LogP contribution in [-0.4, -0.2) is 38.7 Å². The van der Waals surface area contributed by atoms with E-state index in [2.05, 4.69) is 20.7 Å². The molecule has 0 radical (unpaired) electrons. The van der Waals surface area contributed by atoms with E-state index >= 15 is 0 Å². The molecule has 0 bridgehead atoms. The Kier molecular flexibility index (Phi) is 6.32. The number of nitrogens with one attached hydrogen (secondary N) is 2. The summed E-state index contributed by atoms with van der Waals surface area (Å²) >= 11 is 6.39. The highest BCUT2D eigenvalue weighted by atomic mass is 35.5. The zero-order chi connectivity index (χ0) is 22.8. The maximum absolute atomic E-state index is 14.0. The number of rotatable bonds is 6. The van der Waals surface area contributed by atoms with E-state index < -0.39 is 5.82 Å². The van der Waals surface area contributed by atoms with Gasteiger partial charge in [-0.2, -0.15) is 5.10 Å². The van der Waals surface area contributed by atoms with E-state index in [1.807, 2.05) is 31.5 Å². The van der Waals surface area contributed by atoms with Gasteiger partial charge in [0.25, 0.3) is 5.91 Å². The minimum atomic E-state index is -0.460. The maximum Gasteiger partial charge on any atom is 0.256 e. The Bertz CT molecular complexity index is 1140. The number of hydrogen-bond acceptors (Lipinski definition) is 5. The van der Waals surface area contributed by atoms with Crippen LogP contribution in [0, 0.1) is 12.7 Å². The van der Waals surface area contributed by atoms with Crippen molar-refractivity contribution in [2.75, 3.05) is 23.7 Å². The van der Waals surface area contributed by atoms with Crippen molar-refractivity contribution in [2.45, 2.75) is 39.7 Å². The molecule has 3 aromatic rings. The second-order valence-electron chi connectivity index (χ2n) is 8.20. The van der Waals surface area contributed by atoms with Crippen molar-refractivity contribution in [3.63, 3.8) is 0 Å². The van der Waals surface area contributed by atoms with Gasteiger partial charge in [0.1, 0.15) is 17.5 Å². The molecular weight excluding hydrogens is 431 g/mol. The molecule has 1 amide bonds. The van der Waals surface area contributed by atoms with Gasteiger partial charge in [0.15, 0.2) is 0 Å². The Morgan fingerprint density at radius 2 is 1.88 bits per heavy atom. The van der Waals surface area contributed by atoms with Crippen molar-refractivity contribution in [3.05, 3.63) is 58.6 Å². The van der Waals surface area contributed by atoms with Crippen LogP contribution in [0.1, 0.15) is 48.8 Å². The van der Waals surface area contributed by atoms with E-state index in [9.17, 15) is 9.18 Å². The summed E-state index contributed by atoms with van der Waals surface area (Å²) in [6.45, 7) is 7.39. The summed E-state index contributed by atoms with van der Waals surface area (Å²) in [6, 6.07) is 8.01. The average Bonchev–Trinajstić information content (AvgIpc) is 3.41. The minimum absolute atomic E-state index is 0.175. The predicted octanol–water partition coefficient (Wildman–Crippen LogP) is 5.68. The molecule has 2 N–H and O–H groups in total. The lowest BCUT2D eigenvalue weighted by Gasteiger charge is -2.19. The molecule has 0 unspecified atom stereocenters. The van der Waals surface area contributed by atoms with Gasteiger partial charge in [-0.05, 0) is 51.8 Å². The maximum atomic E-state index is 14.0. The first-order valence-electron chi connectivity index (χ1n) is 10.7. The monoisotopic (exact) mass is 456 g/mol. The number of benzene rings is 1. The largest absolute Gasteiger partial charge is 0.353 e. The molecule has 1 aliphatic rings. The molecule has 1 fully saturated rings. The first-order chi connectivity index (χ1) is 15.3. The Morgan fingerprint density at radius 3 is 2.59 bits per heavy atom. The van der Waals surface area contributed by atoms with Crippen LogP contribution >= 0.6 is 11.6 Å². The highest BCUT2D eigenvalue weighted by Gasteiger charge is 2.23. The van der Waals surface area contributed by atoms with Crippen molar-refractivity contribution in [1.82, 2.24) is 19.7 Å². The standard InChI is InChI=1S/C23H26ClFN6O/c1-14(2)31-22(10-15(3)29-31)28-21-12-20(18(24)13-26-21)27-19-7-6-16(25)11-17(19)23(32)30-8-4-5-9-30/h6-7,10-14H,4-5,8-9H2,1-3H3,(H2,26,27,28). The molecule has 1 saturated heterocycles. The van der Waals surface area contributed by atoms with Crippen LogP contribution in [0.25, 0.3) is 0 Å². The van der Waals surface area contributed by atoms with Gasteiger partial charge < -0.3 is 15.5 Å². The quantitative estimate of drug-likeness (QED) is 0.499. The van der Waals surface area contributed by atoms with E-state index in [0.717, 1.165) is 24.4 Å². The summed E-state index contributed by atoms with van der Waals surface area (Å²) < 4.78 is 15.9. The number of carbonyl (C=O) groups excluding carboxylic acids is 1. The highest BCUT2D eigenvalue weighted by molar-refractivity contribution is 6.33. The number of anilines is 4. The number of pyridine rings is 1. The topological polar surface area (TPSA) is 75.1 Å². The summed E-state index contributed by atoms with van der Waals surface area (Å²) in [5.74, 6) is 0.723. The van der Waals surface area contributed by atoms with Crippen LogP contribution in [0.4, 0.5) is 27.4 Å². The summed E-state index contributed by atoms with van der Waals surface area (Å²) in [7, 11) is 0. The summed E-state index contributed by atoms with van der Waals surface area (Å²) in [5.41, 5.74) is 2.22. The van der Waals surface area contributed by atoms with Crippen molar-refractivity contribution < 1.29 is 9.18 Å². The summed E-state index contributed by atoms with van der Waals surface area (Å²) in [6.07, 6.45) is 3.45. The number of likely N-dealkylation sites (tertiary alicyclic amines) is 1. The fourth-order valence-corrected chi connectivity index (χ4v) is 3.93. The third-order valence-corrected chi connectivity index (χ3v) is 5.63. The van der Waals surface area contributed by atoms with Gasteiger partial charge in [-0.3, -0.25) is 4.79 Å². The van der Waals surface area contributed by atoms with E-state index in [1.54, 1.807) is 17.0 Å². The molecule has 32 heavy (non-hydrogen) atoms. The van der Waals surface area contributed by atoms with Gasteiger partial charge in [-0.25, -0.2) is 14.1 Å². The molecule has 168 valence electrons. The molecule has 1 aliphatic heterocycles. The Hall–Kier alpha value is -3.13. The fourth-order valence-electron chi connectivity index (χ4n) is 3.78. The highest BCUT2D eigenvalue weighted by Crippen LogP contribution is 2.31. The molecule has 1 aromatic carbocycles. The van der Waals surface area contributed by atoms with E-state index in [0.29, 0.717) is 35.3 Å². The first kappa shape index (κ1) is 22.1. The number of carbonyl (C=O) groups is 1. The van der Waals surface area contributed by atoms with E-state index in [4.69, 9.17) is 11.6 Å². The number of aryl methyl sites for hydroxylation is 1. The van der Waals surface area contributed by atoms with Crippen LogP contribution in [0.15, 0.2) is 36.5 Å². The lowest BCUT2D eigenvalue weighted by atomic mass is 10.1. The second-order valence-corrected chi connectivity index (χ2v) is 8.61. The molecular formula is C23H26ClFN6O. The van der Waals surface area contributed by atoms with Crippen LogP contribution in [0.3, 0.4) is 0 Å². The number of hydrogen-bond donors (Lipinski definition) is 2. The average molecular weight is 457 g/mol. The SMILES string of the molecule is Cc1cc(Nc2cc(Nc3ccc(F)cc3C(=O)N3CCCC3)c(Cl)cn2)n(C(C)C)n1. The molecule has 7 nitrogen and oxygen atoms in total. The molecule has 0 spiro atoms. The lowest BCUT2D eigenvalue weighted by Crippen LogP contribution is -2.28. The van der Waals surface area contributed by atoms with Crippen LogP contribution in [0.5, 0.6) is 0 Å². The van der Waals surface area contributed by atoms with Crippen LogP contribution in [-0.2, 0) is 0 Å². The summed E-state index contributed by atoms with van der Waals surface area (Å²) in [4.78, 5) is 19.1. The van der Waals surface area contributed by atoms with Gasteiger partial charge >= 0.3 is 0 Å². The molecule has 3 heterocycles. The van der Waals surface area contributed by atoms with E-state index in [-0.39, 0.29) is 17.5 Å². The van der Waals surface area contributed by atoms with Crippen LogP contribution < -0.4 is 10.6 Å². The molecule has 0 aliphatic carbocycles. The number of halogens is 2. The van der Waals surface area contributed by atoms with Crippen molar-refractivity contribution in [1.29, 1.82) is 0 Å². The Morgan fingerprint density at radius 1 is 1.12 bits per heavy atom. The van der Waals surface area contributed by atoms with Crippen molar-refractivity contribution >= 4 is 40.5 Å². The van der Waals surface area contributed by atoms with Crippen molar-refractivity contribution in [3.8, 4) is 0 Å². The Labute approximate surface area is 191 Å². The lowest BCUT2D eigenvalue weighted by molar-refractivity contribution is 0.0793. The molecule has 0 atom stereocenters. The smallest absolute Gasteiger partial charge is 0.256 e. The fraction of sp³-hybridized carbons (Fsp3) is 0.348. The van der Waals surface area contributed by atoms with Crippen molar-refractivity contribution in [2.24, 2.45) is 0 Å².